The number of hydrogen-bond donors (Lipinski definition) is 0. The Balaban J connectivity index is 1.22. The molecule has 4 fully saturated rings. The fraction of sp³-hybridized carbons (Fsp3) is 0.571. The topological polar surface area (TPSA) is 40.2 Å². The van der Waals surface area contributed by atoms with Crippen LogP contribution in [-0.4, -0.2) is 51.0 Å². The lowest BCUT2D eigenvalue weighted by atomic mass is 9.78. The first-order valence-corrected chi connectivity index (χ1v) is 14.6. The van der Waals surface area contributed by atoms with Crippen LogP contribution < -0.4 is 10.4 Å². The van der Waals surface area contributed by atoms with E-state index in [-0.39, 0.29) is 29.0 Å². The Labute approximate surface area is 198 Å². The Morgan fingerprint density at radius 1 is 0.879 bits per heavy atom. The molecular formula is C28H36O4Si. The molecular weight excluding hydrogens is 428 g/mol. The van der Waals surface area contributed by atoms with Gasteiger partial charge in [0.15, 0.2) is 0 Å². The van der Waals surface area contributed by atoms with E-state index in [2.05, 4.69) is 81.4 Å². The second-order valence-corrected chi connectivity index (χ2v) is 15.7. The van der Waals surface area contributed by atoms with Gasteiger partial charge >= 0.3 is 0 Å². The lowest BCUT2D eigenvalue weighted by Gasteiger charge is -2.44. The zero-order chi connectivity index (χ0) is 22.7. The zero-order valence-electron chi connectivity index (χ0n) is 20.0. The number of hydrogen-bond acceptors (Lipinski definition) is 4. The van der Waals surface area contributed by atoms with Crippen LogP contribution in [0, 0.1) is 0 Å². The van der Waals surface area contributed by atoms with Gasteiger partial charge in [-0.25, -0.2) is 0 Å². The minimum absolute atomic E-state index is 0.00111. The lowest BCUT2D eigenvalue weighted by Crippen LogP contribution is -2.66. The average molecular weight is 465 g/mol. The molecule has 3 heterocycles. The van der Waals surface area contributed by atoms with Crippen LogP contribution in [0.1, 0.15) is 52.9 Å². The molecule has 0 N–H and O–H groups in total. The van der Waals surface area contributed by atoms with Crippen molar-refractivity contribution < 1.29 is 18.6 Å². The third-order valence-corrected chi connectivity index (χ3v) is 13.4. The maximum absolute atomic E-state index is 7.11. The van der Waals surface area contributed by atoms with Gasteiger partial charge < -0.3 is 18.6 Å². The molecule has 1 spiro atoms. The van der Waals surface area contributed by atoms with Crippen molar-refractivity contribution in [1.29, 1.82) is 0 Å². The molecule has 176 valence electrons. The van der Waals surface area contributed by atoms with E-state index in [4.69, 9.17) is 18.6 Å². The summed E-state index contributed by atoms with van der Waals surface area (Å²) in [5.41, 5.74) is -0.122. The van der Waals surface area contributed by atoms with Crippen LogP contribution >= 0.6 is 0 Å². The second kappa shape index (κ2) is 8.03. The highest BCUT2D eigenvalue weighted by molar-refractivity contribution is 6.99. The molecule has 2 aromatic rings. The van der Waals surface area contributed by atoms with Crippen molar-refractivity contribution in [3.05, 3.63) is 60.7 Å². The highest BCUT2D eigenvalue weighted by Crippen LogP contribution is 2.55. The van der Waals surface area contributed by atoms with E-state index < -0.39 is 8.32 Å². The summed E-state index contributed by atoms with van der Waals surface area (Å²) in [6.07, 6.45) is 6.53. The minimum Gasteiger partial charge on any atom is -0.407 e. The molecule has 2 aromatic carbocycles. The van der Waals surface area contributed by atoms with Crippen molar-refractivity contribution in [1.82, 2.24) is 0 Å². The van der Waals surface area contributed by atoms with Gasteiger partial charge in [-0.05, 0) is 34.7 Å². The standard InChI is InChI=1S/C28H36O4Si/c1-27(2,3)33(21-10-6-4-7-11-21,22-12-8-5-9-13-22)29-17-16-20-14-15-25-28(32-20)18-23(30-25)26-24(19-28)31-26/h4-13,20,23-26H,14-19H2,1-3H3/t20-,23-,24-,25+,26+,28-/m1/s1. The summed E-state index contributed by atoms with van der Waals surface area (Å²) < 4.78 is 26.1. The third-order valence-electron chi connectivity index (χ3n) is 8.33. The van der Waals surface area contributed by atoms with Gasteiger partial charge in [0, 0.05) is 19.4 Å². The highest BCUT2D eigenvalue weighted by Gasteiger charge is 2.66. The van der Waals surface area contributed by atoms with E-state index in [1.54, 1.807) is 0 Å². The molecule has 2 bridgehead atoms. The lowest BCUT2D eigenvalue weighted by molar-refractivity contribution is -0.172. The number of benzene rings is 2. The van der Waals surface area contributed by atoms with E-state index in [9.17, 15) is 0 Å². The van der Waals surface area contributed by atoms with Crippen LogP contribution in [0.2, 0.25) is 5.04 Å². The summed E-state index contributed by atoms with van der Waals surface area (Å²) in [6.45, 7) is 7.73. The van der Waals surface area contributed by atoms with Crippen LogP contribution in [0.15, 0.2) is 60.7 Å². The second-order valence-electron chi connectivity index (χ2n) is 11.4. The van der Waals surface area contributed by atoms with Crippen LogP contribution in [0.5, 0.6) is 0 Å². The summed E-state index contributed by atoms with van der Waals surface area (Å²) in [6, 6.07) is 21.8. The SMILES string of the molecule is CC(C)(C)[Si](OCC[C@H]1CC[C@@H]2O[C@@H]3C[C@]2(C[C@H]2O[C@H]23)O1)(c1ccccc1)c1ccccc1. The van der Waals surface area contributed by atoms with Crippen LogP contribution in [0.4, 0.5) is 0 Å². The maximum Gasteiger partial charge on any atom is 0.261 e. The molecule has 0 radical (unpaired) electrons. The number of rotatable bonds is 6. The summed E-state index contributed by atoms with van der Waals surface area (Å²) in [5.74, 6) is 0. The number of ether oxygens (including phenoxy) is 3. The van der Waals surface area contributed by atoms with Gasteiger partial charge in [-0.3, -0.25) is 0 Å². The number of epoxide rings is 1. The fourth-order valence-electron chi connectivity index (χ4n) is 6.79. The highest BCUT2D eigenvalue weighted by atomic mass is 28.4. The zero-order valence-corrected chi connectivity index (χ0v) is 21.0. The predicted molar refractivity (Wildman–Crippen MR) is 132 cm³/mol. The van der Waals surface area contributed by atoms with E-state index in [0.29, 0.717) is 18.8 Å². The van der Waals surface area contributed by atoms with Crippen molar-refractivity contribution in [3.8, 4) is 0 Å². The smallest absolute Gasteiger partial charge is 0.261 e. The fourth-order valence-corrected chi connectivity index (χ4v) is 11.4. The minimum atomic E-state index is -2.49. The molecule has 0 unspecified atom stereocenters. The third kappa shape index (κ3) is 3.64. The Hall–Kier alpha value is -1.50. The molecule has 3 aliphatic heterocycles. The Morgan fingerprint density at radius 2 is 1.48 bits per heavy atom. The Kier molecular flexibility index (Phi) is 5.35. The molecule has 1 saturated carbocycles. The quantitative estimate of drug-likeness (QED) is 0.475. The van der Waals surface area contributed by atoms with Gasteiger partial charge in [0.25, 0.3) is 8.32 Å². The van der Waals surface area contributed by atoms with Crippen molar-refractivity contribution in [2.24, 2.45) is 0 Å². The summed E-state index contributed by atoms with van der Waals surface area (Å²) in [4.78, 5) is 0. The molecule has 6 rings (SSSR count). The van der Waals surface area contributed by atoms with E-state index in [0.717, 1.165) is 32.1 Å². The normalized spacial score (nSPS) is 35.1. The first-order valence-electron chi connectivity index (χ1n) is 12.7. The van der Waals surface area contributed by atoms with Crippen LogP contribution in [0.3, 0.4) is 0 Å². The van der Waals surface area contributed by atoms with Gasteiger partial charge in [0.05, 0.1) is 30.0 Å². The van der Waals surface area contributed by atoms with E-state index in [1.807, 2.05) is 0 Å². The van der Waals surface area contributed by atoms with E-state index in [1.165, 1.54) is 10.4 Å². The van der Waals surface area contributed by atoms with Crippen molar-refractivity contribution in [3.63, 3.8) is 0 Å². The van der Waals surface area contributed by atoms with Crippen molar-refractivity contribution in [2.45, 2.75) is 94.0 Å². The molecule has 3 saturated heterocycles. The number of fused-ring (bicyclic) bond motifs is 3. The van der Waals surface area contributed by atoms with Gasteiger partial charge in [0.2, 0.25) is 0 Å². The van der Waals surface area contributed by atoms with Gasteiger partial charge in [0.1, 0.15) is 6.10 Å². The molecule has 5 heteroatoms. The van der Waals surface area contributed by atoms with Gasteiger partial charge in [-0.15, -0.1) is 0 Å². The molecule has 0 aromatic heterocycles. The first kappa shape index (κ1) is 22.0. The van der Waals surface area contributed by atoms with Gasteiger partial charge in [-0.2, -0.15) is 0 Å². The molecule has 0 amide bonds. The van der Waals surface area contributed by atoms with Crippen LogP contribution in [-0.2, 0) is 18.6 Å². The molecule has 4 nitrogen and oxygen atoms in total. The van der Waals surface area contributed by atoms with Crippen LogP contribution in [0.25, 0.3) is 0 Å². The van der Waals surface area contributed by atoms with Crippen molar-refractivity contribution >= 4 is 18.7 Å². The maximum atomic E-state index is 7.11. The largest absolute Gasteiger partial charge is 0.407 e. The molecule has 1 aliphatic carbocycles. The monoisotopic (exact) mass is 464 g/mol. The molecule has 33 heavy (non-hydrogen) atoms. The Morgan fingerprint density at radius 3 is 2.09 bits per heavy atom. The molecule has 6 atom stereocenters. The summed E-state index contributed by atoms with van der Waals surface area (Å²) in [5, 5.41) is 2.67. The summed E-state index contributed by atoms with van der Waals surface area (Å²) >= 11 is 0. The van der Waals surface area contributed by atoms with Crippen molar-refractivity contribution in [2.75, 3.05) is 6.61 Å². The first-order chi connectivity index (χ1) is 15.9. The van der Waals surface area contributed by atoms with Gasteiger partial charge in [-0.1, -0.05) is 81.4 Å². The molecule has 4 aliphatic rings. The van der Waals surface area contributed by atoms with E-state index >= 15 is 0 Å². The Bertz CT molecular complexity index is 931. The predicted octanol–water partition coefficient (Wildman–Crippen LogP) is 4.20. The average Bonchev–Trinajstić information content (AvgIpc) is 3.51. The summed E-state index contributed by atoms with van der Waals surface area (Å²) in [7, 11) is -2.49.